The molecular formula is C19H19BrN2O2S. The van der Waals surface area contributed by atoms with Crippen LogP contribution in [0.2, 0.25) is 0 Å². The standard InChI is InChI=1S/C19H19BrN2O2S/c1-3-11-22-16-10-7-14(20)12-17(16)25-19(22)21-18(23)13-5-8-15(9-6-13)24-4-2/h5-10,12H,3-4,11H2,1-2H3. The van der Waals surface area contributed by atoms with Crippen LogP contribution in [0.3, 0.4) is 0 Å². The van der Waals surface area contributed by atoms with E-state index < -0.39 is 0 Å². The number of amides is 1. The number of aryl methyl sites for hydroxylation is 1. The van der Waals surface area contributed by atoms with Crippen molar-refractivity contribution < 1.29 is 9.53 Å². The van der Waals surface area contributed by atoms with Gasteiger partial charge in [0.15, 0.2) is 4.80 Å². The van der Waals surface area contributed by atoms with Gasteiger partial charge >= 0.3 is 0 Å². The van der Waals surface area contributed by atoms with Crippen LogP contribution in [-0.2, 0) is 6.54 Å². The highest BCUT2D eigenvalue weighted by Crippen LogP contribution is 2.22. The van der Waals surface area contributed by atoms with Gasteiger partial charge < -0.3 is 9.30 Å². The number of thiazole rings is 1. The first-order valence-electron chi connectivity index (χ1n) is 8.23. The van der Waals surface area contributed by atoms with Gasteiger partial charge in [-0.3, -0.25) is 4.79 Å². The fraction of sp³-hybridized carbons (Fsp3) is 0.263. The normalized spacial score (nSPS) is 11.9. The van der Waals surface area contributed by atoms with Crippen LogP contribution in [0.25, 0.3) is 10.2 Å². The smallest absolute Gasteiger partial charge is 0.279 e. The molecule has 0 unspecified atom stereocenters. The number of fused-ring (bicyclic) bond motifs is 1. The summed E-state index contributed by atoms with van der Waals surface area (Å²) in [5, 5.41) is 0. The Bertz CT molecular complexity index is 958. The van der Waals surface area contributed by atoms with Crippen molar-refractivity contribution in [1.82, 2.24) is 4.57 Å². The molecule has 3 aromatic rings. The van der Waals surface area contributed by atoms with Crippen LogP contribution < -0.4 is 9.54 Å². The van der Waals surface area contributed by atoms with Crippen LogP contribution in [0.5, 0.6) is 5.75 Å². The third-order valence-corrected chi connectivity index (χ3v) is 5.24. The second kappa shape index (κ2) is 7.97. The molecule has 0 bridgehead atoms. The molecule has 0 spiro atoms. The van der Waals surface area contributed by atoms with Crippen molar-refractivity contribution >= 4 is 43.4 Å². The van der Waals surface area contributed by atoms with E-state index in [1.54, 1.807) is 24.3 Å². The Morgan fingerprint density at radius 2 is 1.96 bits per heavy atom. The number of nitrogens with zero attached hydrogens (tertiary/aromatic N) is 2. The van der Waals surface area contributed by atoms with Gasteiger partial charge in [0.2, 0.25) is 0 Å². The van der Waals surface area contributed by atoms with Crippen molar-refractivity contribution in [2.45, 2.75) is 26.8 Å². The Kier molecular flexibility index (Phi) is 5.71. The van der Waals surface area contributed by atoms with Gasteiger partial charge in [0.05, 0.1) is 16.8 Å². The highest BCUT2D eigenvalue weighted by molar-refractivity contribution is 9.10. The fourth-order valence-electron chi connectivity index (χ4n) is 2.58. The molecule has 1 heterocycles. The number of aromatic nitrogens is 1. The van der Waals surface area contributed by atoms with Crippen molar-refractivity contribution in [1.29, 1.82) is 0 Å². The van der Waals surface area contributed by atoms with E-state index in [-0.39, 0.29) is 5.91 Å². The zero-order chi connectivity index (χ0) is 17.8. The molecule has 3 rings (SSSR count). The third kappa shape index (κ3) is 4.02. The summed E-state index contributed by atoms with van der Waals surface area (Å²) in [4.78, 5) is 17.7. The summed E-state index contributed by atoms with van der Waals surface area (Å²) >= 11 is 5.03. The van der Waals surface area contributed by atoms with Crippen LogP contribution in [-0.4, -0.2) is 17.1 Å². The van der Waals surface area contributed by atoms with Crippen LogP contribution in [0.15, 0.2) is 51.9 Å². The van der Waals surface area contributed by atoms with Gasteiger partial charge in [-0.05, 0) is 55.8 Å². The molecule has 0 saturated heterocycles. The first-order valence-corrected chi connectivity index (χ1v) is 9.84. The molecule has 0 radical (unpaired) electrons. The first-order chi connectivity index (χ1) is 12.1. The van der Waals surface area contributed by atoms with Crippen molar-refractivity contribution in [3.05, 3.63) is 57.3 Å². The average Bonchev–Trinajstić information content (AvgIpc) is 2.92. The molecule has 25 heavy (non-hydrogen) atoms. The Balaban J connectivity index is 2.01. The zero-order valence-electron chi connectivity index (χ0n) is 14.2. The first kappa shape index (κ1) is 17.9. The zero-order valence-corrected chi connectivity index (χ0v) is 16.6. The lowest BCUT2D eigenvalue weighted by Crippen LogP contribution is -2.16. The quantitative estimate of drug-likeness (QED) is 0.583. The summed E-state index contributed by atoms with van der Waals surface area (Å²) in [5.41, 5.74) is 1.67. The molecule has 1 aromatic heterocycles. The number of halogens is 1. The van der Waals surface area contributed by atoms with E-state index in [1.165, 1.54) is 11.3 Å². The maximum Gasteiger partial charge on any atom is 0.279 e. The number of carbonyl (C=O) groups excluding carboxylic acids is 1. The molecule has 0 N–H and O–H groups in total. The van der Waals surface area contributed by atoms with Crippen LogP contribution in [0, 0.1) is 0 Å². The Labute approximate surface area is 158 Å². The van der Waals surface area contributed by atoms with Gasteiger partial charge in [0, 0.05) is 16.6 Å². The van der Waals surface area contributed by atoms with E-state index >= 15 is 0 Å². The fourth-order valence-corrected chi connectivity index (χ4v) is 4.19. The van der Waals surface area contributed by atoms with Gasteiger partial charge in [0.1, 0.15) is 5.75 Å². The van der Waals surface area contributed by atoms with E-state index in [1.807, 2.05) is 13.0 Å². The summed E-state index contributed by atoms with van der Waals surface area (Å²) in [7, 11) is 0. The number of hydrogen-bond donors (Lipinski definition) is 0. The highest BCUT2D eigenvalue weighted by Gasteiger charge is 2.09. The molecule has 130 valence electrons. The molecule has 4 nitrogen and oxygen atoms in total. The monoisotopic (exact) mass is 418 g/mol. The minimum Gasteiger partial charge on any atom is -0.494 e. The molecule has 0 aliphatic heterocycles. The van der Waals surface area contributed by atoms with Crippen molar-refractivity contribution in [3.8, 4) is 5.75 Å². The number of ether oxygens (including phenoxy) is 1. The number of rotatable bonds is 5. The number of hydrogen-bond acceptors (Lipinski definition) is 3. The van der Waals surface area contributed by atoms with E-state index in [4.69, 9.17) is 4.74 Å². The lowest BCUT2D eigenvalue weighted by atomic mass is 10.2. The minimum atomic E-state index is -0.237. The van der Waals surface area contributed by atoms with E-state index in [2.05, 4.69) is 44.5 Å². The summed E-state index contributed by atoms with van der Waals surface area (Å²) in [6.45, 7) is 5.48. The average molecular weight is 419 g/mol. The van der Waals surface area contributed by atoms with Crippen molar-refractivity contribution in [2.75, 3.05) is 6.61 Å². The lowest BCUT2D eigenvalue weighted by molar-refractivity contribution is 0.0998. The van der Waals surface area contributed by atoms with E-state index in [0.717, 1.165) is 38.2 Å². The minimum absolute atomic E-state index is 0.237. The highest BCUT2D eigenvalue weighted by atomic mass is 79.9. The third-order valence-electron chi connectivity index (χ3n) is 3.70. The van der Waals surface area contributed by atoms with Gasteiger partial charge in [-0.1, -0.05) is 34.2 Å². The summed E-state index contributed by atoms with van der Waals surface area (Å²) in [6.07, 6.45) is 0.978. The Hall–Kier alpha value is -1.92. The molecule has 6 heteroatoms. The second-order valence-electron chi connectivity index (χ2n) is 5.52. The van der Waals surface area contributed by atoms with Gasteiger partial charge in [0.25, 0.3) is 5.91 Å². The predicted molar refractivity (Wildman–Crippen MR) is 105 cm³/mol. The Morgan fingerprint density at radius 1 is 1.20 bits per heavy atom. The molecule has 2 aromatic carbocycles. The Morgan fingerprint density at radius 3 is 2.64 bits per heavy atom. The molecule has 0 saturated carbocycles. The van der Waals surface area contributed by atoms with Crippen molar-refractivity contribution in [3.63, 3.8) is 0 Å². The van der Waals surface area contributed by atoms with Gasteiger partial charge in [-0.15, -0.1) is 0 Å². The molecule has 0 fully saturated rings. The molecular weight excluding hydrogens is 400 g/mol. The second-order valence-corrected chi connectivity index (χ2v) is 7.45. The molecule has 0 aliphatic carbocycles. The van der Waals surface area contributed by atoms with E-state index in [0.29, 0.717) is 12.2 Å². The molecule has 1 amide bonds. The maximum atomic E-state index is 12.6. The predicted octanol–water partition coefficient (Wildman–Crippen LogP) is 5.02. The van der Waals surface area contributed by atoms with Crippen LogP contribution >= 0.6 is 27.3 Å². The topological polar surface area (TPSA) is 43.6 Å². The van der Waals surface area contributed by atoms with Crippen LogP contribution in [0.1, 0.15) is 30.6 Å². The summed E-state index contributed by atoms with van der Waals surface area (Å²) in [6, 6.07) is 13.2. The molecule has 0 atom stereocenters. The van der Waals surface area contributed by atoms with Gasteiger partial charge in [-0.2, -0.15) is 4.99 Å². The lowest BCUT2D eigenvalue weighted by Gasteiger charge is -2.03. The SMILES string of the molecule is CCCn1c(=NC(=O)c2ccc(OCC)cc2)sc2cc(Br)ccc21. The van der Waals surface area contributed by atoms with Gasteiger partial charge in [-0.25, -0.2) is 0 Å². The largest absolute Gasteiger partial charge is 0.494 e. The maximum absolute atomic E-state index is 12.6. The van der Waals surface area contributed by atoms with Crippen molar-refractivity contribution in [2.24, 2.45) is 4.99 Å². The van der Waals surface area contributed by atoms with E-state index in [9.17, 15) is 4.79 Å². The summed E-state index contributed by atoms with van der Waals surface area (Å²) in [5.74, 6) is 0.519. The number of benzene rings is 2. The molecule has 0 aliphatic rings. The number of carbonyl (C=O) groups is 1. The summed E-state index contributed by atoms with van der Waals surface area (Å²) < 4.78 is 9.66. The van der Waals surface area contributed by atoms with Crippen LogP contribution in [0.4, 0.5) is 0 Å².